The second-order valence-electron chi connectivity index (χ2n) is 6.93. The zero-order valence-electron chi connectivity index (χ0n) is 16.9. The molecule has 0 spiro atoms. The molecular formula is C19H31F2IN4O2. The summed E-state index contributed by atoms with van der Waals surface area (Å²) in [6.45, 7) is 9.40. The third kappa shape index (κ3) is 11.3. The van der Waals surface area contributed by atoms with Crippen LogP contribution in [0.4, 0.5) is 13.6 Å². The number of benzene rings is 1. The molecule has 0 bridgehead atoms. The summed E-state index contributed by atoms with van der Waals surface area (Å²) in [7, 11) is 0. The average molecular weight is 512 g/mol. The molecule has 0 fully saturated rings. The minimum Gasteiger partial charge on any atom is -0.444 e. The molecule has 160 valence electrons. The molecule has 1 amide bonds. The standard InChI is InChI=1S/C19H30F2N4O2.HI/c1-5-22-17(23-11-7-12-25-18(26)27-19(2,3)4)24-13-10-14-8-6-9-15(20)16(14)21;/h6,8-9H,5,7,10-13H2,1-4H3,(H,25,26)(H2,22,23,24);1H. The van der Waals surface area contributed by atoms with Gasteiger partial charge in [0.2, 0.25) is 0 Å². The zero-order valence-corrected chi connectivity index (χ0v) is 19.2. The van der Waals surface area contributed by atoms with E-state index in [1.165, 1.54) is 6.07 Å². The van der Waals surface area contributed by atoms with Gasteiger partial charge in [-0.05, 0) is 52.2 Å². The Kier molecular flexibility index (Phi) is 12.7. The number of amides is 1. The van der Waals surface area contributed by atoms with Gasteiger partial charge in [-0.25, -0.2) is 13.6 Å². The van der Waals surface area contributed by atoms with Gasteiger partial charge in [0.1, 0.15) is 5.60 Å². The first kappa shape index (κ1) is 26.4. The van der Waals surface area contributed by atoms with Crippen LogP contribution in [0.3, 0.4) is 0 Å². The maximum Gasteiger partial charge on any atom is 0.407 e. The first-order valence-corrected chi connectivity index (χ1v) is 9.15. The first-order chi connectivity index (χ1) is 12.7. The van der Waals surface area contributed by atoms with Crippen LogP contribution in [-0.4, -0.2) is 43.8 Å². The Morgan fingerprint density at radius 2 is 1.86 bits per heavy atom. The van der Waals surface area contributed by atoms with Gasteiger partial charge in [0.15, 0.2) is 17.6 Å². The van der Waals surface area contributed by atoms with Gasteiger partial charge >= 0.3 is 6.09 Å². The Hall–Kier alpha value is -1.65. The molecule has 9 heteroatoms. The first-order valence-electron chi connectivity index (χ1n) is 9.15. The number of guanidine groups is 1. The van der Waals surface area contributed by atoms with Crippen molar-refractivity contribution < 1.29 is 18.3 Å². The molecule has 3 N–H and O–H groups in total. The number of ether oxygens (including phenoxy) is 1. The van der Waals surface area contributed by atoms with E-state index in [4.69, 9.17) is 4.74 Å². The van der Waals surface area contributed by atoms with Crippen LogP contribution in [0.1, 0.15) is 39.7 Å². The maximum atomic E-state index is 13.6. The monoisotopic (exact) mass is 512 g/mol. The van der Waals surface area contributed by atoms with Gasteiger partial charge < -0.3 is 20.7 Å². The lowest BCUT2D eigenvalue weighted by Crippen LogP contribution is -2.38. The molecule has 0 unspecified atom stereocenters. The van der Waals surface area contributed by atoms with Crippen LogP contribution >= 0.6 is 24.0 Å². The van der Waals surface area contributed by atoms with Gasteiger partial charge in [0, 0.05) is 26.2 Å². The largest absolute Gasteiger partial charge is 0.444 e. The molecule has 1 aromatic rings. The molecule has 0 aliphatic carbocycles. The molecule has 1 rings (SSSR count). The summed E-state index contributed by atoms with van der Waals surface area (Å²) < 4.78 is 32.0. The summed E-state index contributed by atoms with van der Waals surface area (Å²) in [4.78, 5) is 15.9. The quantitative estimate of drug-likeness (QED) is 0.216. The van der Waals surface area contributed by atoms with Crippen LogP contribution in [0.5, 0.6) is 0 Å². The zero-order chi connectivity index (χ0) is 20.3. The van der Waals surface area contributed by atoms with Crippen molar-refractivity contribution in [1.29, 1.82) is 0 Å². The highest BCUT2D eigenvalue weighted by Crippen LogP contribution is 2.11. The lowest BCUT2D eigenvalue weighted by atomic mass is 10.1. The number of hydrogen-bond acceptors (Lipinski definition) is 3. The number of halogens is 3. The summed E-state index contributed by atoms with van der Waals surface area (Å²) in [5, 5.41) is 8.84. The predicted octanol–water partition coefficient (Wildman–Crippen LogP) is 3.60. The molecule has 0 atom stereocenters. The topological polar surface area (TPSA) is 74.8 Å². The van der Waals surface area contributed by atoms with Crippen molar-refractivity contribution in [1.82, 2.24) is 16.0 Å². The number of alkyl carbamates (subject to hydrolysis) is 1. The highest BCUT2D eigenvalue weighted by molar-refractivity contribution is 14.0. The maximum absolute atomic E-state index is 13.6. The van der Waals surface area contributed by atoms with Crippen LogP contribution in [0, 0.1) is 11.6 Å². The van der Waals surface area contributed by atoms with Gasteiger partial charge in [-0.1, -0.05) is 12.1 Å². The third-order valence-electron chi connectivity index (χ3n) is 3.34. The number of carbonyl (C=O) groups excluding carboxylic acids is 1. The number of nitrogens with zero attached hydrogens (tertiary/aromatic N) is 1. The Labute approximate surface area is 182 Å². The van der Waals surface area contributed by atoms with E-state index < -0.39 is 23.3 Å². The Bertz CT molecular complexity index is 637. The molecule has 0 aliphatic rings. The molecule has 0 heterocycles. The highest BCUT2D eigenvalue weighted by Gasteiger charge is 2.15. The summed E-state index contributed by atoms with van der Waals surface area (Å²) >= 11 is 0. The minimum atomic E-state index is -0.842. The van der Waals surface area contributed by atoms with Crippen molar-refractivity contribution in [2.75, 3.05) is 26.2 Å². The summed E-state index contributed by atoms with van der Waals surface area (Å²) in [6, 6.07) is 4.15. The molecule has 1 aromatic carbocycles. The van der Waals surface area contributed by atoms with Gasteiger partial charge in [0.25, 0.3) is 0 Å². The Morgan fingerprint density at radius 1 is 1.14 bits per heavy atom. The fraction of sp³-hybridized carbons (Fsp3) is 0.579. The predicted molar refractivity (Wildman–Crippen MR) is 118 cm³/mol. The molecular weight excluding hydrogens is 481 g/mol. The smallest absolute Gasteiger partial charge is 0.407 e. The van der Waals surface area contributed by atoms with Crippen LogP contribution < -0.4 is 16.0 Å². The van der Waals surface area contributed by atoms with Crippen molar-refractivity contribution in [3.63, 3.8) is 0 Å². The van der Waals surface area contributed by atoms with E-state index in [2.05, 4.69) is 20.9 Å². The van der Waals surface area contributed by atoms with Crippen LogP contribution in [0.15, 0.2) is 23.2 Å². The number of rotatable bonds is 8. The van der Waals surface area contributed by atoms with Gasteiger partial charge in [0.05, 0.1) is 0 Å². The van der Waals surface area contributed by atoms with Crippen molar-refractivity contribution in [3.8, 4) is 0 Å². The molecule has 0 radical (unpaired) electrons. The minimum absolute atomic E-state index is 0. The molecule has 0 saturated heterocycles. The van der Waals surface area contributed by atoms with Crippen molar-refractivity contribution in [2.24, 2.45) is 4.99 Å². The van der Waals surface area contributed by atoms with Crippen molar-refractivity contribution >= 4 is 36.0 Å². The molecule has 6 nitrogen and oxygen atoms in total. The third-order valence-corrected chi connectivity index (χ3v) is 3.34. The van der Waals surface area contributed by atoms with E-state index in [0.29, 0.717) is 50.5 Å². The molecule has 0 saturated carbocycles. The van der Waals surface area contributed by atoms with Crippen molar-refractivity contribution in [2.45, 2.75) is 46.1 Å². The summed E-state index contributed by atoms with van der Waals surface area (Å²) in [5.74, 6) is -1.06. The lowest BCUT2D eigenvalue weighted by Gasteiger charge is -2.19. The Morgan fingerprint density at radius 3 is 2.50 bits per heavy atom. The number of nitrogens with one attached hydrogen (secondary N) is 3. The lowest BCUT2D eigenvalue weighted by molar-refractivity contribution is 0.0527. The molecule has 28 heavy (non-hydrogen) atoms. The van der Waals surface area contributed by atoms with Crippen molar-refractivity contribution in [3.05, 3.63) is 35.4 Å². The van der Waals surface area contributed by atoms with E-state index in [-0.39, 0.29) is 24.0 Å². The molecule has 0 aliphatic heterocycles. The second-order valence-corrected chi connectivity index (χ2v) is 6.93. The van der Waals surface area contributed by atoms with Crippen LogP contribution in [-0.2, 0) is 11.2 Å². The van der Waals surface area contributed by atoms with Crippen LogP contribution in [0.2, 0.25) is 0 Å². The van der Waals surface area contributed by atoms with Gasteiger partial charge in [-0.3, -0.25) is 4.99 Å². The fourth-order valence-corrected chi connectivity index (χ4v) is 2.17. The fourth-order valence-electron chi connectivity index (χ4n) is 2.17. The second kappa shape index (κ2) is 13.5. The Balaban J connectivity index is 0.00000729. The van der Waals surface area contributed by atoms with E-state index in [1.807, 2.05) is 6.92 Å². The number of hydrogen-bond donors (Lipinski definition) is 3. The van der Waals surface area contributed by atoms with E-state index in [1.54, 1.807) is 26.8 Å². The number of aliphatic imine (C=N–C) groups is 1. The average Bonchev–Trinajstić information content (AvgIpc) is 2.56. The van der Waals surface area contributed by atoms with Gasteiger partial charge in [-0.2, -0.15) is 0 Å². The van der Waals surface area contributed by atoms with Gasteiger partial charge in [-0.15, -0.1) is 24.0 Å². The number of carbonyl (C=O) groups is 1. The van der Waals surface area contributed by atoms with E-state index >= 15 is 0 Å². The molecule has 0 aromatic heterocycles. The summed E-state index contributed by atoms with van der Waals surface area (Å²) in [5.41, 5.74) is -0.203. The summed E-state index contributed by atoms with van der Waals surface area (Å²) in [6.07, 6.45) is 0.538. The van der Waals surface area contributed by atoms with Crippen LogP contribution in [0.25, 0.3) is 0 Å². The van der Waals surface area contributed by atoms with E-state index in [0.717, 1.165) is 6.07 Å². The highest BCUT2D eigenvalue weighted by atomic mass is 127. The normalized spacial score (nSPS) is 11.4. The van der Waals surface area contributed by atoms with E-state index in [9.17, 15) is 13.6 Å². The SMILES string of the molecule is CCNC(=NCCCNC(=O)OC(C)(C)C)NCCc1cccc(F)c1F.I.